The van der Waals surface area contributed by atoms with Gasteiger partial charge in [-0.1, -0.05) is 48.5 Å². The fourth-order valence-electron chi connectivity index (χ4n) is 1.93. The van der Waals surface area contributed by atoms with Crippen molar-refractivity contribution in [2.45, 2.75) is 12.8 Å². The summed E-state index contributed by atoms with van der Waals surface area (Å²) in [5, 5.41) is 9.71. The van der Waals surface area contributed by atoms with Gasteiger partial charge in [-0.15, -0.1) is 0 Å². The lowest BCUT2D eigenvalue weighted by molar-refractivity contribution is -0.157. The Morgan fingerprint density at radius 3 is 2.36 bits per heavy atom. The third kappa shape index (κ3) is 4.06. The molecule has 1 atom stereocenters. The van der Waals surface area contributed by atoms with E-state index in [1.165, 1.54) is 12.1 Å². The number of para-hydroxylation sites is 1. The van der Waals surface area contributed by atoms with E-state index in [2.05, 4.69) is 0 Å². The molecule has 0 amide bonds. The van der Waals surface area contributed by atoms with Crippen molar-refractivity contribution in [3.8, 4) is 5.75 Å². The molecule has 22 heavy (non-hydrogen) atoms. The van der Waals surface area contributed by atoms with Crippen LogP contribution in [0, 0.1) is 0 Å². The number of benzene rings is 2. The molecule has 0 aliphatic carbocycles. The fourth-order valence-corrected chi connectivity index (χ4v) is 1.93. The zero-order valence-corrected chi connectivity index (χ0v) is 12.1. The molecule has 0 heterocycles. The first-order chi connectivity index (χ1) is 10.6. The molecule has 1 unspecified atom stereocenters. The molecule has 0 spiro atoms. The SMILES string of the molecule is CC(C(=O)OC(=O)/C=C/c1ccccc1)c1ccccc1O. The molecular weight excluding hydrogens is 280 g/mol. The van der Waals surface area contributed by atoms with Gasteiger partial charge in [-0.25, -0.2) is 4.79 Å². The average Bonchev–Trinajstić information content (AvgIpc) is 2.53. The van der Waals surface area contributed by atoms with E-state index in [1.807, 2.05) is 30.3 Å². The van der Waals surface area contributed by atoms with Crippen molar-refractivity contribution < 1.29 is 19.4 Å². The van der Waals surface area contributed by atoms with Crippen LogP contribution in [0.2, 0.25) is 0 Å². The lowest BCUT2D eigenvalue weighted by Gasteiger charge is -2.11. The number of hydrogen-bond acceptors (Lipinski definition) is 4. The summed E-state index contributed by atoms with van der Waals surface area (Å²) in [6.45, 7) is 1.57. The topological polar surface area (TPSA) is 63.6 Å². The van der Waals surface area contributed by atoms with E-state index >= 15 is 0 Å². The molecule has 2 rings (SSSR count). The number of esters is 2. The number of phenolic OH excluding ortho intramolecular Hbond substituents is 1. The molecule has 0 bridgehead atoms. The van der Waals surface area contributed by atoms with E-state index in [4.69, 9.17) is 4.74 Å². The van der Waals surface area contributed by atoms with Crippen molar-refractivity contribution in [1.82, 2.24) is 0 Å². The van der Waals surface area contributed by atoms with Crippen LogP contribution in [0.3, 0.4) is 0 Å². The molecule has 112 valence electrons. The summed E-state index contributed by atoms with van der Waals surface area (Å²) in [6, 6.07) is 15.7. The molecule has 2 aromatic rings. The van der Waals surface area contributed by atoms with Crippen LogP contribution in [-0.4, -0.2) is 17.0 Å². The lowest BCUT2D eigenvalue weighted by atomic mass is 10.0. The Morgan fingerprint density at radius 1 is 1.05 bits per heavy atom. The van der Waals surface area contributed by atoms with E-state index in [0.29, 0.717) is 5.56 Å². The Balaban J connectivity index is 1.98. The van der Waals surface area contributed by atoms with Gasteiger partial charge >= 0.3 is 11.9 Å². The Labute approximate surface area is 128 Å². The summed E-state index contributed by atoms with van der Waals surface area (Å²) >= 11 is 0. The van der Waals surface area contributed by atoms with Crippen LogP contribution in [-0.2, 0) is 14.3 Å². The molecule has 0 aliphatic heterocycles. The Bertz CT molecular complexity index is 689. The van der Waals surface area contributed by atoms with Crippen molar-refractivity contribution in [3.63, 3.8) is 0 Å². The third-order valence-electron chi connectivity index (χ3n) is 3.17. The minimum atomic E-state index is -0.740. The van der Waals surface area contributed by atoms with Crippen LogP contribution < -0.4 is 0 Å². The number of phenols is 1. The van der Waals surface area contributed by atoms with Crippen LogP contribution in [0.4, 0.5) is 0 Å². The summed E-state index contributed by atoms with van der Waals surface area (Å²) in [7, 11) is 0. The quantitative estimate of drug-likeness (QED) is 0.534. The molecule has 1 N–H and O–H groups in total. The number of aromatic hydroxyl groups is 1. The molecule has 2 aromatic carbocycles. The van der Waals surface area contributed by atoms with E-state index in [1.54, 1.807) is 31.2 Å². The summed E-state index contributed by atoms with van der Waals surface area (Å²) in [4.78, 5) is 23.6. The minimum Gasteiger partial charge on any atom is -0.508 e. The zero-order chi connectivity index (χ0) is 15.9. The van der Waals surface area contributed by atoms with Gasteiger partial charge in [0.15, 0.2) is 0 Å². The second kappa shape index (κ2) is 7.22. The maximum Gasteiger partial charge on any atom is 0.338 e. The average molecular weight is 296 g/mol. The van der Waals surface area contributed by atoms with Crippen LogP contribution in [0.25, 0.3) is 6.08 Å². The van der Waals surface area contributed by atoms with E-state index in [-0.39, 0.29) is 5.75 Å². The summed E-state index contributed by atoms with van der Waals surface area (Å²) in [5.41, 5.74) is 1.26. The van der Waals surface area contributed by atoms with Crippen LogP contribution in [0.15, 0.2) is 60.7 Å². The predicted molar refractivity (Wildman–Crippen MR) is 83.1 cm³/mol. The van der Waals surface area contributed by atoms with Gasteiger partial charge in [0.2, 0.25) is 0 Å². The standard InChI is InChI=1S/C18H16O4/c1-13(15-9-5-6-10-16(15)19)18(21)22-17(20)12-11-14-7-3-2-4-8-14/h2-13,19H,1H3/b12-11+. The summed E-state index contributed by atoms with van der Waals surface area (Å²) in [6.07, 6.45) is 2.77. The molecule has 0 fully saturated rings. The first kappa shape index (κ1) is 15.5. The molecule has 0 radical (unpaired) electrons. The van der Waals surface area contributed by atoms with Crippen LogP contribution in [0.5, 0.6) is 5.75 Å². The van der Waals surface area contributed by atoms with Gasteiger partial charge in [-0.2, -0.15) is 0 Å². The Kier molecular flexibility index (Phi) is 5.09. The maximum atomic E-state index is 11.9. The van der Waals surface area contributed by atoms with Crippen LogP contribution in [0.1, 0.15) is 24.0 Å². The second-order valence-corrected chi connectivity index (χ2v) is 4.76. The first-order valence-corrected chi connectivity index (χ1v) is 6.84. The zero-order valence-electron chi connectivity index (χ0n) is 12.1. The highest BCUT2D eigenvalue weighted by atomic mass is 16.6. The molecule has 4 heteroatoms. The van der Waals surface area contributed by atoms with Gasteiger partial charge < -0.3 is 9.84 Å². The third-order valence-corrected chi connectivity index (χ3v) is 3.17. The van der Waals surface area contributed by atoms with Gasteiger partial charge in [0.05, 0.1) is 5.92 Å². The van der Waals surface area contributed by atoms with Crippen molar-refractivity contribution in [2.75, 3.05) is 0 Å². The monoisotopic (exact) mass is 296 g/mol. The molecule has 0 aromatic heterocycles. The highest BCUT2D eigenvalue weighted by molar-refractivity contribution is 5.96. The number of carbonyl (C=O) groups excluding carboxylic acids is 2. The number of rotatable bonds is 4. The molecule has 0 saturated carbocycles. The number of carbonyl (C=O) groups is 2. The van der Waals surface area contributed by atoms with Gasteiger partial charge in [-0.05, 0) is 24.6 Å². The Hall–Kier alpha value is -2.88. The van der Waals surface area contributed by atoms with Crippen molar-refractivity contribution in [3.05, 3.63) is 71.8 Å². The summed E-state index contributed by atoms with van der Waals surface area (Å²) in [5.74, 6) is -2.17. The normalized spacial score (nSPS) is 12.0. The smallest absolute Gasteiger partial charge is 0.338 e. The molecule has 0 saturated heterocycles. The van der Waals surface area contributed by atoms with Gasteiger partial charge in [0.25, 0.3) is 0 Å². The first-order valence-electron chi connectivity index (χ1n) is 6.84. The van der Waals surface area contributed by atoms with E-state index < -0.39 is 17.9 Å². The number of hydrogen-bond donors (Lipinski definition) is 1. The highest BCUT2D eigenvalue weighted by Crippen LogP contribution is 2.25. The van der Waals surface area contributed by atoms with Gasteiger partial charge in [-0.3, -0.25) is 4.79 Å². The highest BCUT2D eigenvalue weighted by Gasteiger charge is 2.21. The molecular formula is C18H16O4. The molecule has 0 aliphatic rings. The van der Waals surface area contributed by atoms with Gasteiger partial charge in [0.1, 0.15) is 5.75 Å². The minimum absolute atomic E-state index is 0.000716. The predicted octanol–water partition coefficient (Wildman–Crippen LogP) is 3.28. The van der Waals surface area contributed by atoms with Gasteiger partial charge in [0, 0.05) is 11.6 Å². The van der Waals surface area contributed by atoms with Crippen molar-refractivity contribution >= 4 is 18.0 Å². The number of ether oxygens (including phenoxy) is 1. The second-order valence-electron chi connectivity index (χ2n) is 4.76. The largest absolute Gasteiger partial charge is 0.508 e. The molecule has 4 nitrogen and oxygen atoms in total. The van der Waals surface area contributed by atoms with Crippen LogP contribution >= 0.6 is 0 Å². The fraction of sp³-hybridized carbons (Fsp3) is 0.111. The van der Waals surface area contributed by atoms with E-state index in [0.717, 1.165) is 5.56 Å². The lowest BCUT2D eigenvalue weighted by Crippen LogP contribution is -2.16. The Morgan fingerprint density at radius 2 is 1.68 bits per heavy atom. The summed E-state index contributed by atoms with van der Waals surface area (Å²) < 4.78 is 4.77. The van der Waals surface area contributed by atoms with Crippen molar-refractivity contribution in [2.24, 2.45) is 0 Å². The van der Waals surface area contributed by atoms with E-state index in [9.17, 15) is 14.7 Å². The maximum absolute atomic E-state index is 11.9. The van der Waals surface area contributed by atoms with Crippen molar-refractivity contribution in [1.29, 1.82) is 0 Å².